The Kier molecular flexibility index (Phi) is 3.89. The molecule has 0 aliphatic carbocycles. The van der Waals surface area contributed by atoms with E-state index in [1.54, 1.807) is 12.1 Å². The van der Waals surface area contributed by atoms with Crippen molar-refractivity contribution in [3.8, 4) is 0 Å². The largest absolute Gasteiger partial charge is 0.326 e. The first-order valence-corrected chi connectivity index (χ1v) is 7.18. The number of carbonyl (C=O) groups excluding carboxylic acids is 2. The molecule has 1 N–H and O–H groups in total. The van der Waals surface area contributed by atoms with Gasteiger partial charge in [0.25, 0.3) is 5.69 Å². The molecule has 0 fully saturated rings. The first kappa shape index (κ1) is 14.9. The number of anilines is 1. The number of benzene rings is 2. The number of nitrogens with one attached hydrogen (secondary N) is 1. The van der Waals surface area contributed by atoms with Gasteiger partial charge in [0.05, 0.1) is 11.3 Å². The number of hydrogen-bond acceptors (Lipinski definition) is 4. The molecule has 116 valence electrons. The molecule has 2 aromatic carbocycles. The van der Waals surface area contributed by atoms with Gasteiger partial charge in [-0.15, -0.1) is 0 Å². The zero-order valence-electron chi connectivity index (χ0n) is 12.2. The van der Waals surface area contributed by atoms with E-state index in [1.807, 2.05) is 18.2 Å². The summed E-state index contributed by atoms with van der Waals surface area (Å²) in [5.41, 5.74) is 3.35. The van der Waals surface area contributed by atoms with E-state index in [-0.39, 0.29) is 30.2 Å². The highest BCUT2D eigenvalue weighted by molar-refractivity contribution is 5.99. The second kappa shape index (κ2) is 6.00. The average Bonchev–Trinajstić information content (AvgIpc) is 2.87. The molecule has 0 atom stereocenters. The molecule has 6 heteroatoms. The number of hydrogen-bond donors (Lipinski definition) is 1. The molecule has 0 spiro atoms. The minimum absolute atomic E-state index is 0.0111. The summed E-state index contributed by atoms with van der Waals surface area (Å²) in [5, 5.41) is 13.4. The maximum absolute atomic E-state index is 12.1. The number of nitro benzene ring substituents is 1. The summed E-state index contributed by atoms with van der Waals surface area (Å²) in [6.07, 6.45) is 0.852. The van der Waals surface area contributed by atoms with Gasteiger partial charge in [-0.3, -0.25) is 19.7 Å². The van der Waals surface area contributed by atoms with Crippen LogP contribution in [0.4, 0.5) is 11.4 Å². The predicted molar refractivity (Wildman–Crippen MR) is 84.3 cm³/mol. The Labute approximate surface area is 132 Å². The van der Waals surface area contributed by atoms with E-state index in [0.29, 0.717) is 6.42 Å². The number of carbonyl (C=O) groups is 2. The Hall–Kier alpha value is -3.02. The van der Waals surface area contributed by atoms with E-state index in [4.69, 9.17) is 0 Å². The van der Waals surface area contributed by atoms with Gasteiger partial charge in [-0.25, -0.2) is 0 Å². The van der Waals surface area contributed by atoms with Crippen LogP contribution in [-0.4, -0.2) is 16.6 Å². The summed E-state index contributed by atoms with van der Waals surface area (Å²) >= 11 is 0. The minimum atomic E-state index is -0.467. The van der Waals surface area contributed by atoms with Crippen LogP contribution in [0.15, 0.2) is 42.5 Å². The van der Waals surface area contributed by atoms with Gasteiger partial charge in [-0.1, -0.05) is 24.3 Å². The molecule has 0 aromatic heterocycles. The molecule has 0 saturated heterocycles. The number of Topliss-reactive ketones (excluding diaryl/α,β-unsaturated/α-hetero) is 1. The van der Waals surface area contributed by atoms with Crippen LogP contribution in [-0.2, 0) is 28.9 Å². The van der Waals surface area contributed by atoms with Crippen molar-refractivity contribution in [2.45, 2.75) is 19.3 Å². The number of nitro groups is 1. The van der Waals surface area contributed by atoms with Crippen LogP contribution in [0.1, 0.15) is 16.7 Å². The third-order valence-corrected chi connectivity index (χ3v) is 3.74. The first-order chi connectivity index (χ1) is 11.0. The highest BCUT2D eigenvalue weighted by Gasteiger charge is 2.18. The summed E-state index contributed by atoms with van der Waals surface area (Å²) in [6, 6.07) is 11.5. The van der Waals surface area contributed by atoms with Crippen molar-refractivity contribution in [1.29, 1.82) is 0 Å². The molecule has 1 aliphatic heterocycles. The van der Waals surface area contributed by atoms with Crippen molar-refractivity contribution < 1.29 is 14.5 Å². The monoisotopic (exact) mass is 310 g/mol. The molecule has 0 saturated carbocycles. The number of ketones is 1. The van der Waals surface area contributed by atoms with Crippen LogP contribution in [0.25, 0.3) is 0 Å². The molecule has 0 unspecified atom stereocenters. The van der Waals surface area contributed by atoms with Gasteiger partial charge in [-0.2, -0.15) is 0 Å². The average molecular weight is 310 g/mol. The van der Waals surface area contributed by atoms with Crippen LogP contribution in [0.2, 0.25) is 0 Å². The van der Waals surface area contributed by atoms with E-state index in [1.165, 1.54) is 12.1 Å². The SMILES string of the molecule is O=C(Cc1ccc([N+](=O)[O-])cc1)Cc1ccc2c(c1)CC(=O)N2. The van der Waals surface area contributed by atoms with Gasteiger partial charge in [-0.05, 0) is 22.8 Å². The Morgan fingerprint density at radius 2 is 1.74 bits per heavy atom. The summed E-state index contributed by atoms with van der Waals surface area (Å²) in [6.45, 7) is 0. The Balaban J connectivity index is 1.64. The van der Waals surface area contributed by atoms with Crippen molar-refractivity contribution in [3.63, 3.8) is 0 Å². The molecule has 1 heterocycles. The van der Waals surface area contributed by atoms with Crippen LogP contribution >= 0.6 is 0 Å². The van der Waals surface area contributed by atoms with Crippen molar-refractivity contribution in [2.24, 2.45) is 0 Å². The molecule has 23 heavy (non-hydrogen) atoms. The molecule has 2 aromatic rings. The number of nitrogens with zero attached hydrogens (tertiary/aromatic N) is 1. The van der Waals surface area contributed by atoms with E-state index in [9.17, 15) is 19.7 Å². The van der Waals surface area contributed by atoms with Gasteiger partial charge in [0, 0.05) is 30.7 Å². The Morgan fingerprint density at radius 3 is 2.43 bits per heavy atom. The fraction of sp³-hybridized carbons (Fsp3) is 0.176. The molecular formula is C17H14N2O4. The lowest BCUT2D eigenvalue weighted by Gasteiger charge is -2.04. The van der Waals surface area contributed by atoms with Crippen molar-refractivity contribution >= 4 is 23.1 Å². The Bertz CT molecular complexity index is 797. The highest BCUT2D eigenvalue weighted by atomic mass is 16.6. The van der Waals surface area contributed by atoms with Gasteiger partial charge in [0.15, 0.2) is 0 Å². The van der Waals surface area contributed by atoms with E-state index >= 15 is 0 Å². The van der Waals surface area contributed by atoms with Gasteiger partial charge < -0.3 is 5.32 Å². The number of amides is 1. The fourth-order valence-electron chi connectivity index (χ4n) is 2.65. The van der Waals surface area contributed by atoms with Crippen molar-refractivity contribution in [1.82, 2.24) is 0 Å². The summed E-state index contributed by atoms with van der Waals surface area (Å²) in [5.74, 6) is -0.00885. The quantitative estimate of drug-likeness (QED) is 0.678. The molecule has 1 aliphatic rings. The molecule has 6 nitrogen and oxygen atoms in total. The third-order valence-electron chi connectivity index (χ3n) is 3.74. The first-order valence-electron chi connectivity index (χ1n) is 7.18. The fourth-order valence-corrected chi connectivity index (χ4v) is 2.65. The predicted octanol–water partition coefficient (Wildman–Crippen LogP) is 2.44. The van der Waals surface area contributed by atoms with E-state index < -0.39 is 4.92 Å². The maximum Gasteiger partial charge on any atom is 0.269 e. The lowest BCUT2D eigenvalue weighted by atomic mass is 10.0. The summed E-state index contributed by atoms with van der Waals surface area (Å²) in [4.78, 5) is 33.6. The van der Waals surface area contributed by atoms with E-state index in [2.05, 4.69) is 5.32 Å². The lowest BCUT2D eigenvalue weighted by Crippen LogP contribution is -2.06. The number of rotatable bonds is 5. The standard InChI is InChI=1S/C17H14N2O4/c20-15(8-11-1-4-14(5-2-11)19(22)23)9-12-3-6-16-13(7-12)10-17(21)18-16/h1-7H,8-10H2,(H,18,21). The van der Waals surface area contributed by atoms with Crippen molar-refractivity contribution in [2.75, 3.05) is 5.32 Å². The number of non-ortho nitro benzene ring substituents is 1. The molecule has 1 amide bonds. The van der Waals surface area contributed by atoms with Crippen LogP contribution < -0.4 is 5.32 Å². The summed E-state index contributed by atoms with van der Waals surface area (Å²) in [7, 11) is 0. The third kappa shape index (κ3) is 3.42. The van der Waals surface area contributed by atoms with Gasteiger partial charge >= 0.3 is 0 Å². The zero-order chi connectivity index (χ0) is 16.4. The zero-order valence-corrected chi connectivity index (χ0v) is 12.2. The topological polar surface area (TPSA) is 89.3 Å². The Morgan fingerprint density at radius 1 is 1.09 bits per heavy atom. The lowest BCUT2D eigenvalue weighted by molar-refractivity contribution is -0.384. The number of fused-ring (bicyclic) bond motifs is 1. The van der Waals surface area contributed by atoms with Crippen LogP contribution in [0.5, 0.6) is 0 Å². The molecular weight excluding hydrogens is 296 g/mol. The van der Waals surface area contributed by atoms with Crippen LogP contribution in [0.3, 0.4) is 0 Å². The smallest absolute Gasteiger partial charge is 0.269 e. The van der Waals surface area contributed by atoms with Crippen molar-refractivity contribution in [3.05, 3.63) is 69.3 Å². The summed E-state index contributed by atoms with van der Waals surface area (Å²) < 4.78 is 0. The van der Waals surface area contributed by atoms with Gasteiger partial charge in [0.1, 0.15) is 5.78 Å². The highest BCUT2D eigenvalue weighted by Crippen LogP contribution is 2.24. The minimum Gasteiger partial charge on any atom is -0.326 e. The second-order valence-electron chi connectivity index (χ2n) is 5.53. The van der Waals surface area contributed by atoms with Gasteiger partial charge in [0.2, 0.25) is 5.91 Å². The normalized spacial score (nSPS) is 12.6. The molecule has 0 radical (unpaired) electrons. The molecule has 3 rings (SSSR count). The van der Waals surface area contributed by atoms with Crippen LogP contribution in [0, 0.1) is 10.1 Å². The molecule has 0 bridgehead atoms. The maximum atomic E-state index is 12.1. The second-order valence-corrected chi connectivity index (χ2v) is 5.53. The van der Waals surface area contributed by atoms with E-state index in [0.717, 1.165) is 22.4 Å².